The number of carbonyl (C=O) groups excluding carboxylic acids is 1. The molecule has 1 amide bonds. The van der Waals surface area contributed by atoms with Crippen LogP contribution in [-0.2, 0) is 11.2 Å². The highest BCUT2D eigenvalue weighted by atomic mass is 16.5. The SMILES string of the molecule is CC(O)Cc1ncccc1C(=O)N1CCOCC1. The first-order valence-corrected chi connectivity index (χ1v) is 6.17. The number of aromatic nitrogens is 1. The van der Waals surface area contributed by atoms with Crippen LogP contribution in [0.4, 0.5) is 0 Å². The summed E-state index contributed by atoms with van der Waals surface area (Å²) in [6, 6.07) is 3.52. The van der Waals surface area contributed by atoms with E-state index in [1.165, 1.54) is 0 Å². The molecule has 98 valence electrons. The molecule has 1 aliphatic rings. The van der Waals surface area contributed by atoms with E-state index in [1.54, 1.807) is 30.2 Å². The fraction of sp³-hybridized carbons (Fsp3) is 0.538. The zero-order valence-corrected chi connectivity index (χ0v) is 10.5. The molecule has 1 fully saturated rings. The Labute approximate surface area is 106 Å². The van der Waals surface area contributed by atoms with Gasteiger partial charge in [0.2, 0.25) is 0 Å². The smallest absolute Gasteiger partial charge is 0.255 e. The van der Waals surface area contributed by atoms with Crippen LogP contribution < -0.4 is 0 Å². The number of carbonyl (C=O) groups is 1. The molecule has 1 atom stereocenters. The van der Waals surface area contributed by atoms with Gasteiger partial charge in [0, 0.05) is 25.7 Å². The quantitative estimate of drug-likeness (QED) is 0.847. The summed E-state index contributed by atoms with van der Waals surface area (Å²) in [4.78, 5) is 18.3. The Bertz CT molecular complexity index is 414. The van der Waals surface area contributed by atoms with Gasteiger partial charge in [0.1, 0.15) is 0 Å². The summed E-state index contributed by atoms with van der Waals surface area (Å²) < 4.78 is 5.23. The highest BCUT2D eigenvalue weighted by Gasteiger charge is 2.21. The van der Waals surface area contributed by atoms with Crippen molar-refractivity contribution in [2.45, 2.75) is 19.4 Å². The number of ether oxygens (including phenoxy) is 1. The molecule has 2 rings (SSSR count). The molecule has 1 aliphatic heterocycles. The largest absolute Gasteiger partial charge is 0.393 e. The predicted octanol–water partition coefficient (Wildman–Crippen LogP) is 0.477. The third-order valence-corrected chi connectivity index (χ3v) is 2.91. The van der Waals surface area contributed by atoms with E-state index in [4.69, 9.17) is 4.74 Å². The fourth-order valence-electron chi connectivity index (χ4n) is 2.01. The predicted molar refractivity (Wildman–Crippen MR) is 66.3 cm³/mol. The summed E-state index contributed by atoms with van der Waals surface area (Å²) in [5.41, 5.74) is 1.24. The number of hydrogen-bond acceptors (Lipinski definition) is 4. The highest BCUT2D eigenvalue weighted by Crippen LogP contribution is 2.12. The second-order valence-electron chi connectivity index (χ2n) is 4.46. The number of amides is 1. The summed E-state index contributed by atoms with van der Waals surface area (Å²) in [5.74, 6) is -0.0259. The van der Waals surface area contributed by atoms with Crippen molar-refractivity contribution in [1.29, 1.82) is 0 Å². The lowest BCUT2D eigenvalue weighted by molar-refractivity contribution is 0.0301. The Balaban J connectivity index is 2.18. The van der Waals surface area contributed by atoms with Crippen molar-refractivity contribution in [2.24, 2.45) is 0 Å². The van der Waals surface area contributed by atoms with Gasteiger partial charge in [-0.2, -0.15) is 0 Å². The van der Waals surface area contributed by atoms with Crippen LogP contribution in [0.3, 0.4) is 0 Å². The Morgan fingerprint density at radius 1 is 1.56 bits per heavy atom. The third kappa shape index (κ3) is 3.05. The summed E-state index contributed by atoms with van der Waals surface area (Å²) in [6.45, 7) is 4.08. The Morgan fingerprint density at radius 2 is 2.28 bits per heavy atom. The van der Waals surface area contributed by atoms with Gasteiger partial charge in [0.25, 0.3) is 5.91 Å². The van der Waals surface area contributed by atoms with Crippen molar-refractivity contribution < 1.29 is 14.6 Å². The zero-order chi connectivity index (χ0) is 13.0. The van der Waals surface area contributed by atoms with Gasteiger partial charge in [0.05, 0.1) is 30.6 Å². The number of pyridine rings is 1. The van der Waals surface area contributed by atoms with Crippen molar-refractivity contribution in [2.75, 3.05) is 26.3 Å². The molecule has 0 bridgehead atoms. The number of aliphatic hydroxyl groups is 1. The molecular weight excluding hydrogens is 232 g/mol. The van der Waals surface area contributed by atoms with E-state index in [0.717, 1.165) is 0 Å². The van der Waals surface area contributed by atoms with E-state index in [9.17, 15) is 9.90 Å². The average molecular weight is 250 g/mol. The summed E-state index contributed by atoms with van der Waals surface area (Å²) in [6.07, 6.45) is 1.54. The van der Waals surface area contributed by atoms with Crippen molar-refractivity contribution in [3.63, 3.8) is 0 Å². The van der Waals surface area contributed by atoms with E-state index < -0.39 is 6.10 Å². The zero-order valence-electron chi connectivity index (χ0n) is 10.5. The van der Waals surface area contributed by atoms with Crippen LogP contribution in [0.2, 0.25) is 0 Å². The van der Waals surface area contributed by atoms with E-state index in [0.29, 0.717) is 44.0 Å². The lowest BCUT2D eigenvalue weighted by atomic mass is 10.1. The Morgan fingerprint density at radius 3 is 2.94 bits per heavy atom. The average Bonchev–Trinajstić information content (AvgIpc) is 2.39. The fourth-order valence-corrected chi connectivity index (χ4v) is 2.01. The van der Waals surface area contributed by atoms with Crippen molar-refractivity contribution in [1.82, 2.24) is 9.88 Å². The molecule has 0 aliphatic carbocycles. The summed E-state index contributed by atoms with van der Waals surface area (Å²) in [5, 5.41) is 9.44. The second-order valence-corrected chi connectivity index (χ2v) is 4.46. The second kappa shape index (κ2) is 5.93. The van der Waals surface area contributed by atoms with Gasteiger partial charge in [-0.1, -0.05) is 0 Å². The molecule has 0 spiro atoms. The van der Waals surface area contributed by atoms with Crippen LogP contribution in [0.15, 0.2) is 18.3 Å². The Kier molecular flexibility index (Phi) is 4.28. The molecule has 0 aromatic carbocycles. The molecule has 1 aromatic heterocycles. The molecule has 2 heterocycles. The molecule has 1 N–H and O–H groups in total. The monoisotopic (exact) mass is 250 g/mol. The maximum Gasteiger partial charge on any atom is 0.255 e. The first-order valence-electron chi connectivity index (χ1n) is 6.17. The van der Waals surface area contributed by atoms with Gasteiger partial charge in [-0.05, 0) is 19.1 Å². The number of morpholine rings is 1. The van der Waals surface area contributed by atoms with Gasteiger partial charge in [0.15, 0.2) is 0 Å². The van der Waals surface area contributed by atoms with E-state index in [2.05, 4.69) is 4.98 Å². The maximum atomic E-state index is 12.4. The van der Waals surface area contributed by atoms with Crippen LogP contribution in [-0.4, -0.2) is 53.3 Å². The maximum absolute atomic E-state index is 12.4. The molecule has 5 heteroatoms. The summed E-state index contributed by atoms with van der Waals surface area (Å²) >= 11 is 0. The molecular formula is C13H18N2O3. The van der Waals surface area contributed by atoms with E-state index in [1.807, 2.05) is 0 Å². The first kappa shape index (κ1) is 13.0. The normalized spacial score (nSPS) is 17.6. The molecule has 0 saturated carbocycles. The molecule has 1 aromatic rings. The summed E-state index contributed by atoms with van der Waals surface area (Å²) in [7, 11) is 0. The number of rotatable bonds is 3. The van der Waals surface area contributed by atoms with Gasteiger partial charge >= 0.3 is 0 Å². The number of aliphatic hydroxyl groups excluding tert-OH is 1. The van der Waals surface area contributed by atoms with Crippen LogP contribution in [0.5, 0.6) is 0 Å². The van der Waals surface area contributed by atoms with Gasteiger partial charge < -0.3 is 14.7 Å². The van der Waals surface area contributed by atoms with E-state index >= 15 is 0 Å². The minimum atomic E-state index is -0.504. The van der Waals surface area contributed by atoms with Gasteiger partial charge in [-0.25, -0.2) is 0 Å². The first-order chi connectivity index (χ1) is 8.68. The van der Waals surface area contributed by atoms with Crippen LogP contribution in [0.25, 0.3) is 0 Å². The molecule has 18 heavy (non-hydrogen) atoms. The van der Waals surface area contributed by atoms with Crippen molar-refractivity contribution in [3.8, 4) is 0 Å². The highest BCUT2D eigenvalue weighted by molar-refractivity contribution is 5.95. The Hall–Kier alpha value is -1.46. The molecule has 0 radical (unpaired) electrons. The van der Waals surface area contributed by atoms with Crippen LogP contribution in [0, 0.1) is 0 Å². The molecule has 1 unspecified atom stereocenters. The lowest BCUT2D eigenvalue weighted by Crippen LogP contribution is -2.41. The van der Waals surface area contributed by atoms with Crippen molar-refractivity contribution >= 4 is 5.91 Å². The minimum Gasteiger partial charge on any atom is -0.393 e. The molecule has 1 saturated heterocycles. The number of hydrogen-bond donors (Lipinski definition) is 1. The topological polar surface area (TPSA) is 62.7 Å². The number of nitrogens with zero attached hydrogens (tertiary/aromatic N) is 2. The minimum absolute atomic E-state index is 0.0259. The standard InChI is InChI=1S/C13H18N2O3/c1-10(16)9-12-11(3-2-4-14-12)13(17)15-5-7-18-8-6-15/h2-4,10,16H,5-9H2,1H3. The van der Waals surface area contributed by atoms with Crippen molar-refractivity contribution in [3.05, 3.63) is 29.6 Å². The van der Waals surface area contributed by atoms with Gasteiger partial charge in [-0.15, -0.1) is 0 Å². The molecule has 5 nitrogen and oxygen atoms in total. The van der Waals surface area contributed by atoms with Crippen LogP contribution in [0.1, 0.15) is 23.0 Å². The van der Waals surface area contributed by atoms with Crippen LogP contribution >= 0.6 is 0 Å². The van der Waals surface area contributed by atoms with E-state index in [-0.39, 0.29) is 5.91 Å². The lowest BCUT2D eigenvalue weighted by Gasteiger charge is -2.27. The third-order valence-electron chi connectivity index (χ3n) is 2.91. The van der Waals surface area contributed by atoms with Gasteiger partial charge in [-0.3, -0.25) is 9.78 Å².